The number of nitrogens with zero attached hydrogens (tertiary/aromatic N) is 6. The lowest BCUT2D eigenvalue weighted by atomic mass is 10.00. The van der Waals surface area contributed by atoms with Crippen LogP contribution in [0.2, 0.25) is 0 Å². The Labute approximate surface area is 219 Å². The van der Waals surface area contributed by atoms with Crippen molar-refractivity contribution in [3.05, 3.63) is 103 Å². The molecule has 6 rings (SSSR count). The third-order valence-corrected chi connectivity index (χ3v) is 5.96. The zero-order chi connectivity index (χ0) is 27.1. The summed E-state index contributed by atoms with van der Waals surface area (Å²) in [4.78, 5) is 27.3. The fourth-order valence-corrected chi connectivity index (χ4v) is 4.06. The molecule has 0 unspecified atom stereocenters. The minimum Gasteiger partial charge on any atom is -0.505 e. The molecule has 11 nitrogen and oxygen atoms in total. The maximum atomic E-state index is 13.6. The topological polar surface area (TPSA) is 145 Å². The van der Waals surface area contributed by atoms with E-state index in [1.807, 2.05) is 0 Å². The SMILES string of the molecule is C=CC(=O)Oc1ccc(C(=O)c2cc(-n3nc4ccccc4n3)c(O)c(-n3nc4ccccc4n3)c2O)cc1. The van der Waals surface area contributed by atoms with Gasteiger partial charge in [0, 0.05) is 11.6 Å². The fourth-order valence-electron chi connectivity index (χ4n) is 4.06. The zero-order valence-electron chi connectivity index (χ0n) is 20.1. The summed E-state index contributed by atoms with van der Waals surface area (Å²) in [6.45, 7) is 3.35. The summed E-state index contributed by atoms with van der Waals surface area (Å²) in [6, 6.07) is 21.2. The van der Waals surface area contributed by atoms with E-state index in [9.17, 15) is 19.8 Å². The van der Waals surface area contributed by atoms with Gasteiger partial charge in [-0.2, -0.15) is 0 Å². The van der Waals surface area contributed by atoms with E-state index in [-0.39, 0.29) is 28.3 Å². The number of aromatic nitrogens is 6. The highest BCUT2D eigenvalue weighted by Crippen LogP contribution is 2.40. The van der Waals surface area contributed by atoms with E-state index in [4.69, 9.17) is 4.74 Å². The lowest BCUT2D eigenvalue weighted by molar-refractivity contribution is -0.128. The van der Waals surface area contributed by atoms with Gasteiger partial charge in [-0.15, -0.1) is 30.0 Å². The third-order valence-electron chi connectivity index (χ3n) is 5.96. The molecule has 39 heavy (non-hydrogen) atoms. The van der Waals surface area contributed by atoms with Gasteiger partial charge in [0.25, 0.3) is 0 Å². The number of aromatic hydroxyl groups is 2. The highest BCUT2D eigenvalue weighted by Gasteiger charge is 2.27. The summed E-state index contributed by atoms with van der Waals surface area (Å²) < 4.78 is 5.06. The van der Waals surface area contributed by atoms with Crippen LogP contribution < -0.4 is 4.74 Å². The Kier molecular flexibility index (Phi) is 5.57. The molecule has 2 heterocycles. The van der Waals surface area contributed by atoms with Crippen molar-refractivity contribution in [2.75, 3.05) is 0 Å². The highest BCUT2D eigenvalue weighted by molar-refractivity contribution is 6.12. The van der Waals surface area contributed by atoms with Gasteiger partial charge in [-0.1, -0.05) is 30.8 Å². The van der Waals surface area contributed by atoms with E-state index in [1.54, 1.807) is 48.5 Å². The molecule has 0 aliphatic carbocycles. The average molecular weight is 518 g/mol. The van der Waals surface area contributed by atoms with Gasteiger partial charge >= 0.3 is 5.97 Å². The fraction of sp³-hybridized carbons (Fsp3) is 0. The van der Waals surface area contributed by atoms with Crippen molar-refractivity contribution in [3.8, 4) is 28.6 Å². The summed E-state index contributed by atoms with van der Waals surface area (Å²) in [7, 11) is 0. The van der Waals surface area contributed by atoms with Crippen molar-refractivity contribution < 1.29 is 24.5 Å². The average Bonchev–Trinajstić information content (AvgIpc) is 3.57. The number of ether oxygens (including phenoxy) is 1. The molecule has 0 radical (unpaired) electrons. The number of hydrogen-bond donors (Lipinski definition) is 2. The van der Waals surface area contributed by atoms with Crippen LogP contribution >= 0.6 is 0 Å². The summed E-state index contributed by atoms with van der Waals surface area (Å²) in [5, 5.41) is 40.2. The molecule has 2 aromatic heterocycles. The number of ketones is 1. The number of benzene rings is 4. The summed E-state index contributed by atoms with van der Waals surface area (Å²) in [6.07, 6.45) is 1.02. The van der Waals surface area contributed by atoms with E-state index in [0.29, 0.717) is 22.1 Å². The van der Waals surface area contributed by atoms with E-state index < -0.39 is 23.3 Å². The molecule has 4 aromatic carbocycles. The number of hydrogen-bond acceptors (Lipinski definition) is 9. The van der Waals surface area contributed by atoms with Crippen LogP contribution in [0.5, 0.6) is 17.2 Å². The Balaban J connectivity index is 1.53. The lowest BCUT2D eigenvalue weighted by Crippen LogP contribution is -2.10. The quantitative estimate of drug-likeness (QED) is 0.145. The van der Waals surface area contributed by atoms with Crippen molar-refractivity contribution in [2.24, 2.45) is 0 Å². The Morgan fingerprint density at radius 1 is 0.744 bits per heavy atom. The van der Waals surface area contributed by atoms with Crippen LogP contribution in [0.4, 0.5) is 0 Å². The zero-order valence-corrected chi connectivity index (χ0v) is 20.1. The molecule has 0 fully saturated rings. The van der Waals surface area contributed by atoms with Crippen molar-refractivity contribution in [1.29, 1.82) is 0 Å². The van der Waals surface area contributed by atoms with E-state index in [0.717, 1.165) is 10.9 Å². The van der Waals surface area contributed by atoms with E-state index in [2.05, 4.69) is 27.0 Å². The second kappa shape index (κ2) is 9.23. The number of carbonyl (C=O) groups is 2. The number of phenolic OH excluding ortho intramolecular Hbond substituents is 2. The largest absolute Gasteiger partial charge is 0.505 e. The Morgan fingerprint density at radius 2 is 1.26 bits per heavy atom. The number of carbonyl (C=O) groups excluding carboxylic acids is 2. The molecular formula is C28H18N6O5. The van der Waals surface area contributed by atoms with Gasteiger partial charge in [0.2, 0.25) is 0 Å². The maximum Gasteiger partial charge on any atom is 0.335 e. The van der Waals surface area contributed by atoms with Crippen LogP contribution in [0, 0.1) is 0 Å². The normalized spacial score (nSPS) is 11.1. The van der Waals surface area contributed by atoms with E-state index in [1.165, 1.54) is 35.1 Å². The number of fused-ring (bicyclic) bond motifs is 2. The molecule has 0 atom stereocenters. The predicted octanol–water partition coefficient (Wildman–Crippen LogP) is 3.89. The highest BCUT2D eigenvalue weighted by atomic mass is 16.5. The predicted molar refractivity (Wildman–Crippen MR) is 140 cm³/mol. The molecule has 0 saturated heterocycles. The maximum absolute atomic E-state index is 13.6. The van der Waals surface area contributed by atoms with Crippen LogP contribution in [0.15, 0.2) is 91.5 Å². The van der Waals surface area contributed by atoms with Crippen molar-refractivity contribution in [3.63, 3.8) is 0 Å². The molecule has 0 aliphatic rings. The van der Waals surface area contributed by atoms with Gasteiger partial charge < -0.3 is 14.9 Å². The Bertz CT molecular complexity index is 1860. The Hall–Kier alpha value is -5.84. The molecule has 0 aliphatic heterocycles. The van der Waals surface area contributed by atoms with Crippen molar-refractivity contribution >= 4 is 33.8 Å². The summed E-state index contributed by atoms with van der Waals surface area (Å²) in [5.74, 6) is -1.98. The minimum absolute atomic E-state index is 0.0280. The number of rotatable bonds is 6. The smallest absolute Gasteiger partial charge is 0.335 e. The van der Waals surface area contributed by atoms with Gasteiger partial charge in [-0.3, -0.25) is 4.79 Å². The first-order valence-electron chi connectivity index (χ1n) is 11.7. The van der Waals surface area contributed by atoms with Crippen molar-refractivity contribution in [1.82, 2.24) is 30.0 Å². The van der Waals surface area contributed by atoms with Gasteiger partial charge in [0.05, 0.1) is 5.56 Å². The molecule has 0 bridgehead atoms. The molecule has 0 spiro atoms. The van der Waals surface area contributed by atoms with Crippen LogP contribution in [0.25, 0.3) is 33.4 Å². The van der Waals surface area contributed by atoms with Crippen LogP contribution in [0.3, 0.4) is 0 Å². The van der Waals surface area contributed by atoms with E-state index >= 15 is 0 Å². The van der Waals surface area contributed by atoms with Gasteiger partial charge in [0.1, 0.15) is 33.5 Å². The lowest BCUT2D eigenvalue weighted by Gasteiger charge is -2.14. The summed E-state index contributed by atoms with van der Waals surface area (Å²) in [5.41, 5.74) is 1.99. The van der Waals surface area contributed by atoms with Crippen molar-refractivity contribution in [2.45, 2.75) is 0 Å². The van der Waals surface area contributed by atoms with Gasteiger partial charge in [-0.25, -0.2) is 4.79 Å². The monoisotopic (exact) mass is 518 g/mol. The second-order valence-electron chi connectivity index (χ2n) is 8.42. The molecule has 6 aromatic rings. The second-order valence-corrected chi connectivity index (χ2v) is 8.42. The van der Waals surface area contributed by atoms with Crippen LogP contribution in [-0.4, -0.2) is 52.0 Å². The molecule has 190 valence electrons. The van der Waals surface area contributed by atoms with Crippen LogP contribution in [0.1, 0.15) is 15.9 Å². The molecule has 0 saturated carbocycles. The standard InChI is InChI=1S/C28H18N6O5/c1-2-24(35)39-17-13-11-16(12-14-17)26(36)18-15-23(33-29-19-7-3-4-8-20(19)30-33)28(38)25(27(18)37)34-31-21-9-5-6-10-22(21)32-34/h2-15,37-38H,1H2. The minimum atomic E-state index is -0.641. The first kappa shape index (κ1) is 23.6. The number of phenols is 2. The first-order valence-corrected chi connectivity index (χ1v) is 11.7. The van der Waals surface area contributed by atoms with Gasteiger partial charge in [-0.05, 0) is 54.6 Å². The van der Waals surface area contributed by atoms with Gasteiger partial charge in [0.15, 0.2) is 23.0 Å². The van der Waals surface area contributed by atoms with Crippen LogP contribution in [-0.2, 0) is 4.79 Å². The number of esters is 1. The first-order chi connectivity index (χ1) is 18.9. The molecule has 2 N–H and O–H groups in total. The summed E-state index contributed by atoms with van der Waals surface area (Å²) >= 11 is 0. The Morgan fingerprint density at radius 3 is 1.77 bits per heavy atom. The third kappa shape index (κ3) is 4.13. The molecule has 0 amide bonds. The molecular weight excluding hydrogens is 500 g/mol. The molecule has 11 heteroatoms.